The lowest BCUT2D eigenvalue weighted by atomic mass is 9.80. The summed E-state index contributed by atoms with van der Waals surface area (Å²) < 4.78 is 0. The summed E-state index contributed by atoms with van der Waals surface area (Å²) in [7, 11) is 0. The smallest absolute Gasteiger partial charge is 0.0104 e. The molecule has 1 unspecified atom stereocenters. The third-order valence-electron chi connectivity index (χ3n) is 4.54. The first-order valence-electron chi connectivity index (χ1n) is 7.41. The van der Waals surface area contributed by atoms with Gasteiger partial charge in [0, 0.05) is 5.92 Å². The molecule has 2 aliphatic rings. The van der Waals surface area contributed by atoms with Crippen LogP contribution in [0.1, 0.15) is 41.0 Å². The van der Waals surface area contributed by atoms with Gasteiger partial charge in [-0.2, -0.15) is 0 Å². The van der Waals surface area contributed by atoms with Crippen molar-refractivity contribution < 1.29 is 0 Å². The summed E-state index contributed by atoms with van der Waals surface area (Å²) in [4.78, 5) is 0. The molecule has 0 amide bonds. The summed E-state index contributed by atoms with van der Waals surface area (Å²) in [5.41, 5.74) is 8.57. The molecule has 0 spiro atoms. The lowest BCUT2D eigenvalue weighted by Gasteiger charge is -2.23. The van der Waals surface area contributed by atoms with Crippen molar-refractivity contribution in [2.75, 3.05) is 0 Å². The van der Waals surface area contributed by atoms with E-state index in [0.29, 0.717) is 5.92 Å². The summed E-state index contributed by atoms with van der Waals surface area (Å²) in [6.45, 7) is 2.15. The summed E-state index contributed by atoms with van der Waals surface area (Å²) in [6.07, 6.45) is 7.24. The third-order valence-corrected chi connectivity index (χ3v) is 4.54. The van der Waals surface area contributed by atoms with Crippen LogP contribution < -0.4 is 0 Å². The van der Waals surface area contributed by atoms with Crippen molar-refractivity contribution in [2.45, 2.75) is 25.7 Å². The largest absolute Gasteiger partial charge is 0.0763 e. The Balaban J connectivity index is 1.80. The summed E-state index contributed by atoms with van der Waals surface area (Å²) >= 11 is 0. The molecule has 0 bridgehead atoms. The molecule has 1 atom stereocenters. The van der Waals surface area contributed by atoms with Crippen LogP contribution in [0.15, 0.2) is 60.2 Å². The number of fused-ring (bicyclic) bond motifs is 3. The minimum absolute atomic E-state index is 0.604. The van der Waals surface area contributed by atoms with Gasteiger partial charge < -0.3 is 0 Å². The van der Waals surface area contributed by atoms with E-state index < -0.39 is 0 Å². The zero-order valence-electron chi connectivity index (χ0n) is 11.8. The van der Waals surface area contributed by atoms with Gasteiger partial charge in [0.15, 0.2) is 0 Å². The molecule has 0 aliphatic heterocycles. The Labute approximate surface area is 120 Å². The molecule has 0 heterocycles. The van der Waals surface area contributed by atoms with Crippen molar-refractivity contribution in [1.29, 1.82) is 0 Å². The molecular weight excluding hydrogens is 240 g/mol. The van der Waals surface area contributed by atoms with Crippen LogP contribution in [0.4, 0.5) is 0 Å². The van der Waals surface area contributed by atoms with E-state index >= 15 is 0 Å². The highest BCUT2D eigenvalue weighted by Crippen LogP contribution is 2.48. The second-order valence-electron chi connectivity index (χ2n) is 5.84. The van der Waals surface area contributed by atoms with E-state index in [-0.39, 0.29) is 0 Å². The summed E-state index contributed by atoms with van der Waals surface area (Å²) in [5.74, 6) is 0.604. The number of hydrogen-bond acceptors (Lipinski definition) is 0. The Morgan fingerprint density at radius 2 is 1.75 bits per heavy atom. The Kier molecular flexibility index (Phi) is 2.63. The lowest BCUT2D eigenvalue weighted by Crippen LogP contribution is -2.05. The van der Waals surface area contributed by atoms with Crippen LogP contribution in [0.2, 0.25) is 0 Å². The highest BCUT2D eigenvalue weighted by molar-refractivity contribution is 5.90. The SMILES string of the molecule is Cc1ccc(C2=CCCC3C2=Cc2ccccc23)cc1. The molecule has 2 aromatic carbocycles. The minimum atomic E-state index is 0.604. The Morgan fingerprint density at radius 1 is 0.950 bits per heavy atom. The molecule has 4 rings (SSSR count). The maximum absolute atomic E-state index is 2.42. The van der Waals surface area contributed by atoms with Crippen molar-refractivity contribution in [3.8, 4) is 0 Å². The number of rotatable bonds is 1. The van der Waals surface area contributed by atoms with E-state index in [1.807, 2.05) is 0 Å². The van der Waals surface area contributed by atoms with Gasteiger partial charge in [0.2, 0.25) is 0 Å². The predicted molar refractivity (Wildman–Crippen MR) is 85.6 cm³/mol. The van der Waals surface area contributed by atoms with Crippen molar-refractivity contribution >= 4 is 11.6 Å². The molecule has 0 saturated heterocycles. The van der Waals surface area contributed by atoms with Gasteiger partial charge in [0.1, 0.15) is 0 Å². The maximum atomic E-state index is 2.42. The van der Waals surface area contributed by atoms with Gasteiger partial charge in [-0.05, 0) is 47.6 Å². The molecule has 98 valence electrons. The van der Waals surface area contributed by atoms with Crippen LogP contribution in [0.3, 0.4) is 0 Å². The monoisotopic (exact) mass is 258 g/mol. The molecule has 2 aromatic rings. The normalized spacial score (nSPS) is 19.9. The van der Waals surface area contributed by atoms with Gasteiger partial charge in [-0.25, -0.2) is 0 Å². The zero-order chi connectivity index (χ0) is 13.5. The highest BCUT2D eigenvalue weighted by Gasteiger charge is 2.29. The molecule has 0 N–H and O–H groups in total. The van der Waals surface area contributed by atoms with Crippen molar-refractivity contribution in [3.63, 3.8) is 0 Å². The van der Waals surface area contributed by atoms with Crippen LogP contribution in [-0.2, 0) is 0 Å². The Bertz CT molecular complexity index is 714. The molecule has 2 aliphatic carbocycles. The molecule has 0 fully saturated rings. The van der Waals surface area contributed by atoms with E-state index in [1.54, 1.807) is 0 Å². The van der Waals surface area contributed by atoms with Crippen LogP contribution in [0.25, 0.3) is 11.6 Å². The number of allylic oxidation sites excluding steroid dienone is 3. The van der Waals surface area contributed by atoms with E-state index in [2.05, 4.69) is 67.6 Å². The first kappa shape index (κ1) is 11.7. The van der Waals surface area contributed by atoms with Crippen LogP contribution >= 0.6 is 0 Å². The molecule has 0 aromatic heterocycles. The first-order chi connectivity index (χ1) is 9.83. The second kappa shape index (κ2) is 4.49. The topological polar surface area (TPSA) is 0 Å². The minimum Gasteiger partial charge on any atom is -0.0763 e. The van der Waals surface area contributed by atoms with Gasteiger partial charge in [-0.15, -0.1) is 0 Å². The average molecular weight is 258 g/mol. The third kappa shape index (κ3) is 1.76. The van der Waals surface area contributed by atoms with E-state index in [1.165, 1.54) is 46.2 Å². The molecular formula is C20H18. The van der Waals surface area contributed by atoms with Crippen LogP contribution in [0.5, 0.6) is 0 Å². The fourth-order valence-corrected chi connectivity index (χ4v) is 3.50. The first-order valence-corrected chi connectivity index (χ1v) is 7.41. The van der Waals surface area contributed by atoms with E-state index in [9.17, 15) is 0 Å². The Morgan fingerprint density at radius 3 is 2.60 bits per heavy atom. The molecule has 0 saturated carbocycles. The van der Waals surface area contributed by atoms with Gasteiger partial charge in [0.05, 0.1) is 0 Å². The zero-order valence-corrected chi connectivity index (χ0v) is 11.8. The molecule has 0 radical (unpaired) electrons. The maximum Gasteiger partial charge on any atom is 0.0104 e. The number of hydrogen-bond donors (Lipinski definition) is 0. The van der Waals surface area contributed by atoms with Crippen molar-refractivity contribution in [1.82, 2.24) is 0 Å². The average Bonchev–Trinajstić information content (AvgIpc) is 2.87. The fraction of sp³-hybridized carbons (Fsp3) is 0.200. The number of benzene rings is 2. The Hall–Kier alpha value is -2.08. The second-order valence-corrected chi connectivity index (χ2v) is 5.84. The number of aryl methyl sites for hydroxylation is 1. The van der Waals surface area contributed by atoms with E-state index in [0.717, 1.165) is 0 Å². The van der Waals surface area contributed by atoms with Crippen molar-refractivity contribution in [3.05, 3.63) is 82.4 Å². The van der Waals surface area contributed by atoms with Crippen LogP contribution in [-0.4, -0.2) is 0 Å². The predicted octanol–water partition coefficient (Wildman–Crippen LogP) is 5.35. The fourth-order valence-electron chi connectivity index (χ4n) is 3.50. The van der Waals surface area contributed by atoms with Gasteiger partial charge >= 0.3 is 0 Å². The quantitative estimate of drug-likeness (QED) is 0.646. The van der Waals surface area contributed by atoms with Crippen molar-refractivity contribution in [2.24, 2.45) is 0 Å². The van der Waals surface area contributed by atoms with E-state index in [4.69, 9.17) is 0 Å². The van der Waals surface area contributed by atoms with Crippen LogP contribution in [0, 0.1) is 6.92 Å². The standard InChI is InChI=1S/C20H18/c1-14-9-11-15(12-10-14)17-7-4-8-19-18-6-3-2-5-16(18)13-20(17)19/h2-3,5-7,9-13,19H,4,8H2,1H3. The van der Waals surface area contributed by atoms with Gasteiger partial charge in [-0.1, -0.05) is 66.2 Å². The highest BCUT2D eigenvalue weighted by atomic mass is 14.3. The lowest BCUT2D eigenvalue weighted by molar-refractivity contribution is 0.726. The molecule has 0 heteroatoms. The summed E-state index contributed by atoms with van der Waals surface area (Å²) in [6, 6.07) is 17.8. The van der Waals surface area contributed by atoms with Gasteiger partial charge in [-0.3, -0.25) is 0 Å². The summed E-state index contributed by atoms with van der Waals surface area (Å²) in [5, 5.41) is 0. The molecule has 0 nitrogen and oxygen atoms in total. The van der Waals surface area contributed by atoms with Gasteiger partial charge in [0.25, 0.3) is 0 Å². The molecule has 20 heavy (non-hydrogen) atoms.